The van der Waals surface area contributed by atoms with Crippen molar-refractivity contribution in [3.05, 3.63) is 40.8 Å². The normalized spacial score (nSPS) is 11.6. The van der Waals surface area contributed by atoms with Crippen molar-refractivity contribution < 1.29 is 17.3 Å². The van der Waals surface area contributed by atoms with Crippen LogP contribution in [0, 0.1) is 5.82 Å². The van der Waals surface area contributed by atoms with Crippen LogP contribution >= 0.6 is 11.6 Å². The number of sulfone groups is 1. The number of benzene rings is 1. The van der Waals surface area contributed by atoms with E-state index < -0.39 is 15.7 Å². The Bertz CT molecular complexity index is 697. The first kappa shape index (κ1) is 14.7. The van der Waals surface area contributed by atoms with Crippen molar-refractivity contribution in [3.8, 4) is 0 Å². The van der Waals surface area contributed by atoms with E-state index >= 15 is 0 Å². The van der Waals surface area contributed by atoms with Crippen LogP contribution in [0.1, 0.15) is 11.7 Å². The number of para-hydroxylation sites is 1. The molecule has 0 atom stereocenters. The number of hydrogen-bond acceptors (Lipinski definition) is 6. The number of nitrogens with zero attached hydrogens (tertiary/aromatic N) is 2. The molecule has 108 valence electrons. The molecular weight excluding hydrogens is 309 g/mol. The van der Waals surface area contributed by atoms with Gasteiger partial charge in [-0.05, 0) is 12.1 Å². The summed E-state index contributed by atoms with van der Waals surface area (Å²) in [5, 5.41) is 6.47. The summed E-state index contributed by atoms with van der Waals surface area (Å²) in [6, 6.07) is 4.28. The van der Waals surface area contributed by atoms with Crippen LogP contribution in [0.4, 0.5) is 10.1 Å². The van der Waals surface area contributed by atoms with Crippen molar-refractivity contribution >= 4 is 27.1 Å². The lowest BCUT2D eigenvalue weighted by atomic mass is 10.3. The summed E-state index contributed by atoms with van der Waals surface area (Å²) in [6.07, 6.45) is 1.07. The van der Waals surface area contributed by atoms with Gasteiger partial charge in [0.1, 0.15) is 11.6 Å². The lowest BCUT2D eigenvalue weighted by Crippen LogP contribution is -2.04. The van der Waals surface area contributed by atoms with Crippen molar-refractivity contribution in [3.63, 3.8) is 0 Å². The number of aromatic nitrogens is 2. The van der Waals surface area contributed by atoms with Gasteiger partial charge in [0, 0.05) is 6.26 Å². The Hall–Kier alpha value is -1.67. The quantitative estimate of drug-likeness (QED) is 0.907. The van der Waals surface area contributed by atoms with Crippen LogP contribution in [0.5, 0.6) is 0 Å². The number of halogens is 2. The molecule has 0 aliphatic rings. The van der Waals surface area contributed by atoms with Gasteiger partial charge < -0.3 is 9.84 Å². The summed E-state index contributed by atoms with van der Waals surface area (Å²) in [7, 11) is -3.23. The van der Waals surface area contributed by atoms with Gasteiger partial charge in [0.25, 0.3) is 0 Å². The zero-order valence-electron chi connectivity index (χ0n) is 10.4. The predicted molar refractivity (Wildman–Crippen MR) is 71.6 cm³/mol. The maximum absolute atomic E-state index is 13.5. The number of hydrogen-bond donors (Lipinski definition) is 1. The maximum atomic E-state index is 13.5. The summed E-state index contributed by atoms with van der Waals surface area (Å²) in [5.41, 5.74) is 0.122. The molecule has 20 heavy (non-hydrogen) atoms. The van der Waals surface area contributed by atoms with E-state index in [0.717, 1.165) is 6.26 Å². The molecule has 1 N–H and O–H groups in total. The standard InChI is InChI=1S/C11H11ClFN3O3S/c1-20(17,18)6-9-15-10(19-16-9)5-14-11-7(12)3-2-4-8(11)13/h2-4,14H,5-6H2,1H3. The highest BCUT2D eigenvalue weighted by Gasteiger charge is 2.13. The number of rotatable bonds is 5. The fourth-order valence-electron chi connectivity index (χ4n) is 1.49. The minimum Gasteiger partial charge on any atom is -0.373 e. The molecule has 0 saturated carbocycles. The molecule has 2 rings (SSSR count). The average molecular weight is 320 g/mol. The van der Waals surface area contributed by atoms with Gasteiger partial charge in [-0.2, -0.15) is 4.98 Å². The third-order valence-electron chi connectivity index (χ3n) is 2.28. The molecule has 6 nitrogen and oxygen atoms in total. The van der Waals surface area contributed by atoms with Crippen molar-refractivity contribution in [1.82, 2.24) is 10.1 Å². The molecule has 0 aliphatic heterocycles. The van der Waals surface area contributed by atoms with Gasteiger partial charge in [-0.1, -0.05) is 22.8 Å². The molecule has 1 aromatic carbocycles. The van der Waals surface area contributed by atoms with E-state index in [1.54, 1.807) is 0 Å². The number of anilines is 1. The lowest BCUT2D eigenvalue weighted by molar-refractivity contribution is 0.379. The highest BCUT2D eigenvalue weighted by atomic mass is 35.5. The molecule has 0 fully saturated rings. The van der Waals surface area contributed by atoms with Crippen molar-refractivity contribution in [1.29, 1.82) is 0 Å². The van der Waals surface area contributed by atoms with E-state index in [0.29, 0.717) is 0 Å². The van der Waals surface area contributed by atoms with Crippen molar-refractivity contribution in [2.45, 2.75) is 12.3 Å². The van der Waals surface area contributed by atoms with Crippen LogP contribution in [0.3, 0.4) is 0 Å². The molecule has 1 aromatic heterocycles. The second-order valence-corrected chi connectivity index (χ2v) is 6.67. The van der Waals surface area contributed by atoms with Gasteiger partial charge in [0.2, 0.25) is 5.89 Å². The van der Waals surface area contributed by atoms with Gasteiger partial charge in [-0.3, -0.25) is 0 Å². The van der Waals surface area contributed by atoms with Crippen LogP contribution in [-0.4, -0.2) is 24.8 Å². The van der Waals surface area contributed by atoms with Crippen LogP contribution in [0.15, 0.2) is 22.7 Å². The van der Waals surface area contributed by atoms with E-state index in [2.05, 4.69) is 15.5 Å². The Kier molecular flexibility index (Phi) is 4.24. The van der Waals surface area contributed by atoms with Crippen LogP contribution in [0.25, 0.3) is 0 Å². The van der Waals surface area contributed by atoms with Crippen LogP contribution in [-0.2, 0) is 22.1 Å². The van der Waals surface area contributed by atoms with Gasteiger partial charge in [-0.25, -0.2) is 12.8 Å². The highest BCUT2D eigenvalue weighted by Crippen LogP contribution is 2.24. The Balaban J connectivity index is 2.05. The Morgan fingerprint density at radius 2 is 2.20 bits per heavy atom. The molecule has 0 spiro atoms. The van der Waals surface area contributed by atoms with Gasteiger partial charge >= 0.3 is 0 Å². The Morgan fingerprint density at radius 3 is 2.85 bits per heavy atom. The second kappa shape index (κ2) is 5.76. The third-order valence-corrected chi connectivity index (χ3v) is 3.38. The van der Waals surface area contributed by atoms with Crippen molar-refractivity contribution in [2.75, 3.05) is 11.6 Å². The monoisotopic (exact) mass is 319 g/mol. The van der Waals surface area contributed by atoms with Crippen molar-refractivity contribution in [2.24, 2.45) is 0 Å². The highest BCUT2D eigenvalue weighted by molar-refractivity contribution is 7.89. The predicted octanol–water partition coefficient (Wildman–Crippen LogP) is 2.02. The van der Waals surface area contributed by atoms with E-state index in [-0.39, 0.29) is 34.7 Å². The Labute approximate surface area is 119 Å². The summed E-state index contributed by atoms with van der Waals surface area (Å²) in [6.45, 7) is 0.0391. The Morgan fingerprint density at radius 1 is 1.45 bits per heavy atom. The topological polar surface area (TPSA) is 85.1 Å². The molecule has 0 aliphatic carbocycles. The third kappa shape index (κ3) is 3.91. The molecule has 0 amide bonds. The zero-order chi connectivity index (χ0) is 14.8. The molecular formula is C11H11ClFN3O3S. The zero-order valence-corrected chi connectivity index (χ0v) is 12.0. The lowest BCUT2D eigenvalue weighted by Gasteiger charge is -2.06. The minimum absolute atomic E-state index is 0.0391. The average Bonchev–Trinajstić information content (AvgIpc) is 2.73. The molecule has 0 saturated heterocycles. The number of nitrogens with one attached hydrogen (secondary N) is 1. The maximum Gasteiger partial charge on any atom is 0.245 e. The fraction of sp³-hybridized carbons (Fsp3) is 0.273. The van der Waals surface area contributed by atoms with E-state index in [1.165, 1.54) is 18.2 Å². The largest absolute Gasteiger partial charge is 0.373 e. The molecule has 2 aromatic rings. The summed E-state index contributed by atoms with van der Waals surface area (Å²) in [4.78, 5) is 3.89. The van der Waals surface area contributed by atoms with Gasteiger partial charge in [-0.15, -0.1) is 0 Å². The van der Waals surface area contributed by atoms with E-state index in [9.17, 15) is 12.8 Å². The van der Waals surface area contributed by atoms with E-state index in [1.807, 2.05) is 0 Å². The van der Waals surface area contributed by atoms with Crippen LogP contribution < -0.4 is 5.32 Å². The molecule has 0 bridgehead atoms. The molecule has 1 heterocycles. The molecule has 9 heteroatoms. The smallest absolute Gasteiger partial charge is 0.245 e. The first-order valence-electron chi connectivity index (χ1n) is 5.52. The molecule has 0 unspecified atom stereocenters. The van der Waals surface area contributed by atoms with Gasteiger partial charge in [0.05, 0.1) is 17.3 Å². The van der Waals surface area contributed by atoms with E-state index in [4.69, 9.17) is 16.1 Å². The summed E-state index contributed by atoms with van der Waals surface area (Å²) in [5.74, 6) is -0.614. The minimum atomic E-state index is -3.23. The molecule has 0 radical (unpaired) electrons. The van der Waals surface area contributed by atoms with Crippen LogP contribution in [0.2, 0.25) is 5.02 Å². The summed E-state index contributed by atoms with van der Waals surface area (Å²) < 4.78 is 40.5. The first-order chi connectivity index (χ1) is 9.35. The second-order valence-electron chi connectivity index (χ2n) is 4.12. The van der Waals surface area contributed by atoms with Gasteiger partial charge in [0.15, 0.2) is 15.7 Å². The SMILES string of the molecule is CS(=O)(=O)Cc1noc(CNc2c(F)cccc2Cl)n1. The summed E-state index contributed by atoms with van der Waals surface area (Å²) >= 11 is 5.84. The fourth-order valence-corrected chi connectivity index (χ4v) is 2.30. The first-order valence-corrected chi connectivity index (χ1v) is 7.96.